The van der Waals surface area contributed by atoms with Gasteiger partial charge in [-0.1, -0.05) is 38.1 Å². The average Bonchev–Trinajstić information content (AvgIpc) is 3.23. The molecule has 0 bridgehead atoms. The topological polar surface area (TPSA) is 125 Å². The number of carboxylic acids is 1. The summed E-state index contributed by atoms with van der Waals surface area (Å²) in [5.41, 5.74) is 3.16. The normalized spacial score (nSPS) is 12.8. The second-order valence-corrected chi connectivity index (χ2v) is 9.65. The number of halogens is 1. The van der Waals surface area contributed by atoms with E-state index in [-0.39, 0.29) is 36.4 Å². The molecule has 204 valence electrons. The monoisotopic (exact) mass is 527 g/mol. The maximum atomic E-state index is 13.6. The third kappa shape index (κ3) is 7.17. The molecular formula is C28H34FN3O6. The molecule has 3 N–H and O–H groups in total. The second-order valence-electron chi connectivity index (χ2n) is 9.65. The molecule has 0 aliphatic rings. The molecule has 0 saturated heterocycles. The molecule has 0 radical (unpaired) electrons. The van der Waals surface area contributed by atoms with Gasteiger partial charge in [-0.3, -0.25) is 9.59 Å². The van der Waals surface area contributed by atoms with Crippen molar-refractivity contribution in [2.24, 2.45) is 0 Å². The quantitative estimate of drug-likeness (QED) is 0.328. The van der Waals surface area contributed by atoms with Gasteiger partial charge in [0.25, 0.3) is 5.91 Å². The number of amides is 1. The number of hydrogen-bond acceptors (Lipinski definition) is 6. The van der Waals surface area contributed by atoms with Crippen molar-refractivity contribution in [1.29, 1.82) is 0 Å². The molecule has 2 aromatic carbocycles. The molecule has 38 heavy (non-hydrogen) atoms. The van der Waals surface area contributed by atoms with Crippen LogP contribution in [0.5, 0.6) is 5.88 Å². The van der Waals surface area contributed by atoms with Gasteiger partial charge in [0, 0.05) is 25.6 Å². The van der Waals surface area contributed by atoms with Crippen molar-refractivity contribution in [2.75, 3.05) is 13.7 Å². The van der Waals surface area contributed by atoms with Gasteiger partial charge in [0.1, 0.15) is 12.4 Å². The lowest BCUT2D eigenvalue weighted by Gasteiger charge is -2.19. The van der Waals surface area contributed by atoms with Crippen LogP contribution in [0.3, 0.4) is 0 Å². The van der Waals surface area contributed by atoms with Crippen molar-refractivity contribution in [3.05, 3.63) is 76.7 Å². The molecule has 2 atom stereocenters. The van der Waals surface area contributed by atoms with Gasteiger partial charge in [0.2, 0.25) is 5.88 Å². The Morgan fingerprint density at radius 3 is 2.34 bits per heavy atom. The van der Waals surface area contributed by atoms with Crippen molar-refractivity contribution in [3.63, 3.8) is 0 Å². The number of aliphatic hydroxyl groups is 2. The van der Waals surface area contributed by atoms with E-state index in [1.165, 1.54) is 28.9 Å². The molecule has 1 aromatic heterocycles. The third-order valence-electron chi connectivity index (χ3n) is 6.11. The van der Waals surface area contributed by atoms with Gasteiger partial charge in [0.05, 0.1) is 24.3 Å². The van der Waals surface area contributed by atoms with Crippen LogP contribution in [0.1, 0.15) is 59.8 Å². The minimum Gasteiger partial charge on any atom is -0.481 e. The van der Waals surface area contributed by atoms with Gasteiger partial charge in [-0.15, -0.1) is 0 Å². The second kappa shape index (κ2) is 12.7. The Morgan fingerprint density at radius 1 is 1.08 bits per heavy atom. The summed E-state index contributed by atoms with van der Waals surface area (Å²) in [5.74, 6) is -1.96. The Bertz CT molecular complexity index is 1260. The first kappa shape index (κ1) is 28.8. The van der Waals surface area contributed by atoms with E-state index in [2.05, 4.69) is 5.10 Å². The first-order chi connectivity index (χ1) is 18.0. The fourth-order valence-corrected chi connectivity index (χ4v) is 4.13. The van der Waals surface area contributed by atoms with E-state index < -0.39 is 30.4 Å². The van der Waals surface area contributed by atoms with Crippen molar-refractivity contribution >= 4 is 11.9 Å². The Hall–Kier alpha value is -3.76. The van der Waals surface area contributed by atoms with Gasteiger partial charge < -0.3 is 25.0 Å². The molecule has 10 heteroatoms. The predicted molar refractivity (Wildman–Crippen MR) is 139 cm³/mol. The van der Waals surface area contributed by atoms with E-state index in [1.54, 1.807) is 11.9 Å². The van der Waals surface area contributed by atoms with Gasteiger partial charge in [-0.05, 0) is 48.2 Å². The van der Waals surface area contributed by atoms with Crippen molar-refractivity contribution < 1.29 is 34.0 Å². The smallest absolute Gasteiger partial charge is 0.305 e. The Balaban J connectivity index is 1.96. The molecule has 0 aliphatic heterocycles. The molecule has 9 nitrogen and oxygen atoms in total. The highest BCUT2D eigenvalue weighted by atomic mass is 19.1. The summed E-state index contributed by atoms with van der Waals surface area (Å²) >= 11 is 0. The van der Waals surface area contributed by atoms with Crippen molar-refractivity contribution in [1.82, 2.24) is 14.7 Å². The highest BCUT2D eigenvalue weighted by Crippen LogP contribution is 2.34. The van der Waals surface area contributed by atoms with Crippen LogP contribution in [0.4, 0.5) is 4.39 Å². The summed E-state index contributed by atoms with van der Waals surface area (Å²) in [6.07, 6.45) is -3.14. The number of carbonyl (C=O) groups excluding carboxylic acids is 1. The van der Waals surface area contributed by atoms with E-state index in [0.717, 1.165) is 11.1 Å². The van der Waals surface area contributed by atoms with Crippen LogP contribution in [-0.2, 0) is 11.3 Å². The predicted octanol–water partition coefficient (Wildman–Crippen LogP) is 3.68. The lowest BCUT2D eigenvalue weighted by molar-refractivity contribution is -0.139. The number of carbonyl (C=O) groups is 2. The Labute approximate surface area is 221 Å². The summed E-state index contributed by atoms with van der Waals surface area (Å²) < 4.78 is 21.0. The van der Waals surface area contributed by atoms with Crippen LogP contribution in [-0.4, -0.2) is 67.7 Å². The van der Waals surface area contributed by atoms with Gasteiger partial charge in [-0.25, -0.2) is 9.07 Å². The highest BCUT2D eigenvalue weighted by Gasteiger charge is 2.30. The van der Waals surface area contributed by atoms with E-state index in [9.17, 15) is 24.2 Å². The van der Waals surface area contributed by atoms with Gasteiger partial charge in [0.15, 0.2) is 5.69 Å². The standard InChI is InChI=1S/C28H34FN3O6/c1-17(2)25-26(27(37)31(4)15-19-8-6-5-7-18(19)3)30-32(21-11-9-20(29)10-12-21)28(25)38-16-23(34)13-22(33)14-24(35)36/h5-12,17,22-23,33-34H,13-16H2,1-4H3,(H,35,36)/t22-,23+/m1/s1. The fraction of sp³-hybridized carbons (Fsp3) is 0.393. The molecule has 0 unspecified atom stereocenters. The summed E-state index contributed by atoms with van der Waals surface area (Å²) in [7, 11) is 1.68. The first-order valence-electron chi connectivity index (χ1n) is 12.4. The molecule has 0 saturated carbocycles. The molecule has 1 amide bonds. The highest BCUT2D eigenvalue weighted by molar-refractivity contribution is 5.94. The maximum Gasteiger partial charge on any atom is 0.305 e. The maximum absolute atomic E-state index is 13.6. The zero-order chi connectivity index (χ0) is 28.0. The molecule has 3 rings (SSSR count). The van der Waals surface area contributed by atoms with E-state index in [0.29, 0.717) is 17.8 Å². The number of carboxylic acid groups (broad SMARTS) is 1. The van der Waals surface area contributed by atoms with Crippen LogP contribution < -0.4 is 4.74 Å². The number of rotatable bonds is 12. The number of aliphatic carboxylic acids is 1. The number of aromatic nitrogens is 2. The SMILES string of the molecule is Cc1ccccc1CN(C)C(=O)c1nn(-c2ccc(F)cc2)c(OC[C@@H](O)C[C@@H](O)CC(=O)O)c1C(C)C. The van der Waals surface area contributed by atoms with Crippen LogP contribution in [0.15, 0.2) is 48.5 Å². The lowest BCUT2D eigenvalue weighted by Crippen LogP contribution is -2.28. The molecule has 1 heterocycles. The first-order valence-corrected chi connectivity index (χ1v) is 12.4. The minimum atomic E-state index is -1.25. The number of ether oxygens (including phenoxy) is 1. The molecule has 0 spiro atoms. The zero-order valence-electron chi connectivity index (χ0n) is 22.0. The zero-order valence-corrected chi connectivity index (χ0v) is 22.0. The van der Waals surface area contributed by atoms with Gasteiger partial charge in [-0.2, -0.15) is 5.10 Å². The minimum absolute atomic E-state index is 0.163. The number of hydrogen-bond donors (Lipinski definition) is 3. The average molecular weight is 528 g/mol. The summed E-state index contributed by atoms with van der Waals surface area (Å²) in [6.45, 7) is 5.81. The number of aliphatic hydroxyl groups excluding tert-OH is 2. The molecule has 0 aliphatic carbocycles. The van der Waals surface area contributed by atoms with E-state index >= 15 is 0 Å². The van der Waals surface area contributed by atoms with Crippen LogP contribution in [0.25, 0.3) is 5.69 Å². The summed E-state index contributed by atoms with van der Waals surface area (Å²) in [6, 6.07) is 13.3. The largest absolute Gasteiger partial charge is 0.481 e. The van der Waals surface area contributed by atoms with Crippen LogP contribution >= 0.6 is 0 Å². The van der Waals surface area contributed by atoms with Crippen molar-refractivity contribution in [2.45, 2.75) is 58.3 Å². The summed E-state index contributed by atoms with van der Waals surface area (Å²) in [5, 5.41) is 33.7. The molecular weight excluding hydrogens is 493 g/mol. The summed E-state index contributed by atoms with van der Waals surface area (Å²) in [4.78, 5) is 26.0. The fourth-order valence-electron chi connectivity index (χ4n) is 4.13. The number of aryl methyl sites for hydroxylation is 1. The van der Waals surface area contributed by atoms with Crippen molar-refractivity contribution in [3.8, 4) is 11.6 Å². The lowest BCUT2D eigenvalue weighted by atomic mass is 10.0. The van der Waals surface area contributed by atoms with Crippen LogP contribution in [0, 0.1) is 12.7 Å². The third-order valence-corrected chi connectivity index (χ3v) is 6.11. The van der Waals surface area contributed by atoms with Gasteiger partial charge >= 0.3 is 5.97 Å². The number of benzene rings is 2. The number of nitrogens with zero attached hydrogens (tertiary/aromatic N) is 3. The van der Waals surface area contributed by atoms with E-state index in [1.807, 2.05) is 45.0 Å². The molecule has 0 fully saturated rings. The van der Waals surface area contributed by atoms with E-state index in [4.69, 9.17) is 9.84 Å². The molecule has 3 aromatic rings. The Morgan fingerprint density at radius 2 is 1.74 bits per heavy atom. The Kier molecular flexibility index (Phi) is 9.60. The van der Waals surface area contributed by atoms with Crippen LogP contribution in [0.2, 0.25) is 0 Å².